The predicted molar refractivity (Wildman–Crippen MR) is 96.4 cm³/mol. The molecule has 122 valence electrons. The molecular formula is C19H23NO2S. The lowest BCUT2D eigenvalue weighted by molar-refractivity contribution is 0.0923. The Balaban J connectivity index is 1.90. The van der Waals surface area contributed by atoms with E-state index in [2.05, 4.69) is 12.2 Å². The number of ether oxygens (including phenoxy) is 1. The second kappa shape index (κ2) is 8.63. The van der Waals surface area contributed by atoms with Crippen molar-refractivity contribution in [3.05, 3.63) is 59.7 Å². The molecule has 0 aromatic heterocycles. The summed E-state index contributed by atoms with van der Waals surface area (Å²) < 4.78 is 5.72. The van der Waals surface area contributed by atoms with Crippen LogP contribution in [-0.4, -0.2) is 24.3 Å². The fourth-order valence-electron chi connectivity index (χ4n) is 2.13. The van der Waals surface area contributed by atoms with Gasteiger partial charge in [-0.3, -0.25) is 4.79 Å². The highest BCUT2D eigenvalue weighted by molar-refractivity contribution is 7.99. The average molecular weight is 329 g/mol. The van der Waals surface area contributed by atoms with Crippen molar-refractivity contribution in [2.45, 2.75) is 31.7 Å². The highest BCUT2D eigenvalue weighted by Crippen LogP contribution is 2.22. The topological polar surface area (TPSA) is 38.3 Å². The molecule has 0 saturated heterocycles. The molecule has 0 spiro atoms. The maximum atomic E-state index is 12.4. The normalized spacial score (nSPS) is 11.8. The summed E-state index contributed by atoms with van der Waals surface area (Å²) >= 11 is 1.68. The quantitative estimate of drug-likeness (QED) is 0.770. The van der Waals surface area contributed by atoms with Crippen molar-refractivity contribution in [3.63, 3.8) is 0 Å². The zero-order valence-corrected chi connectivity index (χ0v) is 14.7. The molecule has 4 heteroatoms. The van der Waals surface area contributed by atoms with Crippen molar-refractivity contribution in [1.29, 1.82) is 0 Å². The Bertz CT molecular complexity index is 640. The van der Waals surface area contributed by atoms with E-state index in [-0.39, 0.29) is 11.9 Å². The van der Waals surface area contributed by atoms with Gasteiger partial charge in [0.25, 0.3) is 5.91 Å². The second-order valence-corrected chi connectivity index (χ2v) is 6.73. The molecule has 1 amide bonds. The van der Waals surface area contributed by atoms with Crippen LogP contribution in [0.4, 0.5) is 0 Å². The minimum Gasteiger partial charge on any atom is -0.491 e. The van der Waals surface area contributed by atoms with Crippen molar-refractivity contribution in [2.75, 3.05) is 12.4 Å². The number of hydrogen-bond acceptors (Lipinski definition) is 3. The average Bonchev–Trinajstić information content (AvgIpc) is 2.55. The molecule has 0 radical (unpaired) electrons. The number of nitrogens with one attached hydrogen (secondary N) is 1. The van der Waals surface area contributed by atoms with Gasteiger partial charge >= 0.3 is 0 Å². The van der Waals surface area contributed by atoms with Crippen LogP contribution < -0.4 is 10.1 Å². The number of amides is 1. The highest BCUT2D eigenvalue weighted by atomic mass is 32.2. The zero-order chi connectivity index (χ0) is 16.7. The molecule has 3 nitrogen and oxygen atoms in total. The third kappa shape index (κ3) is 5.32. The van der Waals surface area contributed by atoms with Gasteiger partial charge in [-0.25, -0.2) is 0 Å². The van der Waals surface area contributed by atoms with E-state index in [1.165, 1.54) is 5.56 Å². The van der Waals surface area contributed by atoms with Gasteiger partial charge in [-0.1, -0.05) is 36.8 Å². The number of aryl methyl sites for hydroxylation is 1. The molecule has 0 aliphatic heterocycles. The SMILES string of the molecule is CCSc1ccccc1C(=O)N[C@@H](C)COc1ccc(C)cc1. The van der Waals surface area contributed by atoms with E-state index in [0.717, 1.165) is 22.0 Å². The first kappa shape index (κ1) is 17.4. The molecule has 2 aromatic rings. The zero-order valence-electron chi connectivity index (χ0n) is 13.8. The first-order chi connectivity index (χ1) is 11.1. The number of carbonyl (C=O) groups is 1. The molecular weight excluding hydrogens is 306 g/mol. The summed E-state index contributed by atoms with van der Waals surface area (Å²) in [6.45, 7) is 6.51. The van der Waals surface area contributed by atoms with E-state index in [9.17, 15) is 4.79 Å². The van der Waals surface area contributed by atoms with Gasteiger partial charge in [0.1, 0.15) is 12.4 Å². The molecule has 2 rings (SSSR count). The number of benzene rings is 2. The summed E-state index contributed by atoms with van der Waals surface area (Å²) in [5, 5.41) is 3.00. The molecule has 0 fully saturated rings. The third-order valence-electron chi connectivity index (χ3n) is 3.33. The van der Waals surface area contributed by atoms with Crippen LogP contribution in [0.1, 0.15) is 29.8 Å². The fraction of sp³-hybridized carbons (Fsp3) is 0.316. The van der Waals surface area contributed by atoms with Crippen LogP contribution in [0.25, 0.3) is 0 Å². The molecule has 0 heterocycles. The Morgan fingerprint density at radius 3 is 2.57 bits per heavy atom. The largest absolute Gasteiger partial charge is 0.491 e. The van der Waals surface area contributed by atoms with E-state index in [1.54, 1.807) is 11.8 Å². The van der Waals surface area contributed by atoms with E-state index in [1.807, 2.05) is 62.4 Å². The highest BCUT2D eigenvalue weighted by Gasteiger charge is 2.13. The van der Waals surface area contributed by atoms with Gasteiger partial charge in [0.2, 0.25) is 0 Å². The van der Waals surface area contributed by atoms with Crippen LogP contribution in [0, 0.1) is 6.92 Å². The molecule has 0 saturated carbocycles. The molecule has 1 N–H and O–H groups in total. The van der Waals surface area contributed by atoms with Crippen LogP contribution >= 0.6 is 11.8 Å². The summed E-state index contributed by atoms with van der Waals surface area (Å²) in [5.74, 6) is 1.70. The van der Waals surface area contributed by atoms with E-state index in [4.69, 9.17) is 4.74 Å². The van der Waals surface area contributed by atoms with Crippen molar-refractivity contribution in [1.82, 2.24) is 5.32 Å². The summed E-state index contributed by atoms with van der Waals surface area (Å²) in [4.78, 5) is 13.4. The lowest BCUT2D eigenvalue weighted by Gasteiger charge is -2.16. The van der Waals surface area contributed by atoms with E-state index < -0.39 is 0 Å². The number of rotatable bonds is 7. The van der Waals surface area contributed by atoms with Crippen LogP contribution in [0.5, 0.6) is 5.75 Å². The maximum Gasteiger partial charge on any atom is 0.252 e. The number of hydrogen-bond donors (Lipinski definition) is 1. The minimum atomic E-state index is -0.0662. The third-order valence-corrected chi connectivity index (χ3v) is 4.29. The van der Waals surface area contributed by atoms with Gasteiger partial charge in [0, 0.05) is 4.90 Å². The smallest absolute Gasteiger partial charge is 0.252 e. The Morgan fingerprint density at radius 1 is 1.17 bits per heavy atom. The molecule has 1 atom stereocenters. The first-order valence-electron chi connectivity index (χ1n) is 7.82. The van der Waals surface area contributed by atoms with Gasteiger partial charge in [-0.05, 0) is 43.9 Å². The Kier molecular flexibility index (Phi) is 6.53. The molecule has 2 aromatic carbocycles. The Hall–Kier alpha value is -1.94. The second-order valence-electron chi connectivity index (χ2n) is 5.43. The van der Waals surface area contributed by atoms with Gasteiger partial charge < -0.3 is 10.1 Å². The van der Waals surface area contributed by atoms with E-state index in [0.29, 0.717) is 6.61 Å². The summed E-state index contributed by atoms with van der Waals surface area (Å²) in [6.07, 6.45) is 0. The lowest BCUT2D eigenvalue weighted by atomic mass is 10.2. The standard InChI is InChI=1S/C19H23NO2S/c1-4-23-18-8-6-5-7-17(18)19(21)20-15(3)13-22-16-11-9-14(2)10-12-16/h5-12,15H,4,13H2,1-3H3,(H,20,21)/t15-/m0/s1. The molecule has 23 heavy (non-hydrogen) atoms. The molecule has 0 aliphatic rings. The monoisotopic (exact) mass is 329 g/mol. The van der Waals surface area contributed by atoms with Crippen LogP contribution in [-0.2, 0) is 0 Å². The minimum absolute atomic E-state index is 0.0541. The number of thioether (sulfide) groups is 1. The van der Waals surface area contributed by atoms with Crippen LogP contribution in [0.2, 0.25) is 0 Å². The van der Waals surface area contributed by atoms with Crippen molar-refractivity contribution < 1.29 is 9.53 Å². The van der Waals surface area contributed by atoms with Gasteiger partial charge in [0.15, 0.2) is 0 Å². The Morgan fingerprint density at radius 2 is 1.87 bits per heavy atom. The van der Waals surface area contributed by atoms with Crippen molar-refractivity contribution in [3.8, 4) is 5.75 Å². The first-order valence-corrected chi connectivity index (χ1v) is 8.81. The maximum absolute atomic E-state index is 12.4. The lowest BCUT2D eigenvalue weighted by Crippen LogP contribution is -2.37. The molecule has 0 bridgehead atoms. The van der Waals surface area contributed by atoms with Crippen molar-refractivity contribution in [2.24, 2.45) is 0 Å². The summed E-state index contributed by atoms with van der Waals surface area (Å²) in [5.41, 5.74) is 1.92. The van der Waals surface area contributed by atoms with Gasteiger partial charge in [-0.2, -0.15) is 0 Å². The van der Waals surface area contributed by atoms with Crippen LogP contribution in [0.15, 0.2) is 53.4 Å². The summed E-state index contributed by atoms with van der Waals surface area (Å²) in [7, 11) is 0. The fourth-order valence-corrected chi connectivity index (χ4v) is 2.94. The predicted octanol–water partition coefficient (Wildman–Crippen LogP) is 4.30. The van der Waals surface area contributed by atoms with Crippen LogP contribution in [0.3, 0.4) is 0 Å². The van der Waals surface area contributed by atoms with E-state index >= 15 is 0 Å². The molecule has 0 aliphatic carbocycles. The Labute approximate surface area is 142 Å². The molecule has 0 unspecified atom stereocenters. The number of carbonyl (C=O) groups excluding carboxylic acids is 1. The van der Waals surface area contributed by atoms with Gasteiger partial charge in [0.05, 0.1) is 11.6 Å². The summed E-state index contributed by atoms with van der Waals surface area (Å²) in [6, 6.07) is 15.5. The van der Waals surface area contributed by atoms with Gasteiger partial charge in [-0.15, -0.1) is 11.8 Å². The van der Waals surface area contributed by atoms with Crippen molar-refractivity contribution >= 4 is 17.7 Å².